The third-order valence-corrected chi connectivity index (χ3v) is 4.44. The lowest BCUT2D eigenvalue weighted by molar-refractivity contribution is 0.169. The van der Waals surface area contributed by atoms with Crippen molar-refractivity contribution >= 4 is 5.69 Å². The van der Waals surface area contributed by atoms with Crippen LogP contribution in [0.25, 0.3) is 0 Å². The smallest absolute Gasteiger partial charge is 0.203 e. The minimum Gasteiger partial charge on any atom is -0.493 e. The first kappa shape index (κ1) is 17.3. The Morgan fingerprint density at radius 2 is 1.68 bits per heavy atom. The van der Waals surface area contributed by atoms with E-state index in [1.54, 1.807) is 21.3 Å². The molecule has 0 aromatic heterocycles. The van der Waals surface area contributed by atoms with Crippen molar-refractivity contribution in [3.63, 3.8) is 0 Å². The number of ether oxygens (including phenoxy) is 4. The van der Waals surface area contributed by atoms with E-state index in [1.165, 1.54) is 5.69 Å². The fourth-order valence-electron chi connectivity index (χ4n) is 3.13. The summed E-state index contributed by atoms with van der Waals surface area (Å²) in [5.41, 5.74) is 1.22. The first-order valence-electron chi connectivity index (χ1n) is 8.43. The molecule has 0 atom stereocenters. The molecule has 5 nitrogen and oxygen atoms in total. The predicted octanol–water partition coefficient (Wildman–Crippen LogP) is 3.56. The number of methoxy groups -OCH3 is 3. The Balaban J connectivity index is 1.66. The van der Waals surface area contributed by atoms with Gasteiger partial charge in [0, 0.05) is 43.8 Å². The molecule has 133 valence electrons. The second-order valence-corrected chi connectivity index (χ2v) is 5.93. The van der Waals surface area contributed by atoms with Crippen LogP contribution < -0.4 is 23.8 Å². The summed E-state index contributed by atoms with van der Waals surface area (Å²) in [6.07, 6.45) is 2.10. The Kier molecular flexibility index (Phi) is 5.53. The van der Waals surface area contributed by atoms with Crippen molar-refractivity contribution in [2.24, 2.45) is 0 Å². The van der Waals surface area contributed by atoms with Crippen LogP contribution in [0.4, 0.5) is 5.69 Å². The van der Waals surface area contributed by atoms with Crippen molar-refractivity contribution in [3.05, 3.63) is 42.5 Å². The third kappa shape index (κ3) is 3.92. The van der Waals surface area contributed by atoms with Gasteiger partial charge in [-0.1, -0.05) is 12.1 Å². The van der Waals surface area contributed by atoms with Crippen LogP contribution in [-0.2, 0) is 0 Å². The van der Waals surface area contributed by atoms with Crippen LogP contribution in [0, 0.1) is 6.07 Å². The Morgan fingerprint density at radius 1 is 1.00 bits per heavy atom. The zero-order valence-corrected chi connectivity index (χ0v) is 15.0. The van der Waals surface area contributed by atoms with E-state index in [0.717, 1.165) is 31.7 Å². The molecule has 0 N–H and O–H groups in total. The van der Waals surface area contributed by atoms with E-state index in [0.29, 0.717) is 17.2 Å². The number of hydrogen-bond acceptors (Lipinski definition) is 5. The van der Waals surface area contributed by atoms with Gasteiger partial charge in [0.1, 0.15) is 11.9 Å². The van der Waals surface area contributed by atoms with Crippen molar-refractivity contribution in [2.45, 2.75) is 18.9 Å². The maximum Gasteiger partial charge on any atom is 0.203 e. The van der Waals surface area contributed by atoms with Crippen LogP contribution in [0.2, 0.25) is 0 Å². The number of rotatable bonds is 6. The van der Waals surface area contributed by atoms with Crippen LogP contribution in [0.3, 0.4) is 0 Å². The quantitative estimate of drug-likeness (QED) is 0.803. The minimum atomic E-state index is 0.173. The second-order valence-electron chi connectivity index (χ2n) is 5.93. The number of benzene rings is 2. The zero-order chi connectivity index (χ0) is 17.6. The van der Waals surface area contributed by atoms with Gasteiger partial charge in [-0.15, -0.1) is 0 Å². The summed E-state index contributed by atoms with van der Waals surface area (Å²) < 4.78 is 22.3. The fraction of sp³-hybridized carbons (Fsp3) is 0.400. The highest BCUT2D eigenvalue weighted by Gasteiger charge is 2.22. The zero-order valence-electron chi connectivity index (χ0n) is 15.0. The highest BCUT2D eigenvalue weighted by atomic mass is 16.5. The molecule has 3 rings (SSSR count). The highest BCUT2D eigenvalue weighted by Crippen LogP contribution is 2.41. The molecule has 1 aliphatic rings. The maximum atomic E-state index is 6.17. The van der Waals surface area contributed by atoms with Gasteiger partial charge in [-0.3, -0.25) is 0 Å². The van der Waals surface area contributed by atoms with Crippen molar-refractivity contribution in [2.75, 3.05) is 39.3 Å². The summed E-state index contributed by atoms with van der Waals surface area (Å²) in [5, 5.41) is 0. The Labute approximate surface area is 149 Å². The number of nitrogens with zero attached hydrogens (tertiary/aromatic N) is 1. The molecule has 1 radical (unpaired) electrons. The lowest BCUT2D eigenvalue weighted by atomic mass is 10.1. The molecule has 1 fully saturated rings. The van der Waals surface area contributed by atoms with E-state index in [9.17, 15) is 0 Å². The largest absolute Gasteiger partial charge is 0.493 e. The van der Waals surface area contributed by atoms with Crippen LogP contribution in [0.5, 0.6) is 23.0 Å². The molecule has 0 saturated carbocycles. The molecule has 0 aliphatic carbocycles. The van der Waals surface area contributed by atoms with Crippen LogP contribution >= 0.6 is 0 Å². The topological polar surface area (TPSA) is 40.2 Å². The minimum absolute atomic E-state index is 0.173. The fourth-order valence-corrected chi connectivity index (χ4v) is 3.13. The molecule has 2 aromatic rings. The highest BCUT2D eigenvalue weighted by molar-refractivity contribution is 5.56. The lowest BCUT2D eigenvalue weighted by Crippen LogP contribution is -2.38. The van der Waals surface area contributed by atoms with Gasteiger partial charge < -0.3 is 23.8 Å². The lowest BCUT2D eigenvalue weighted by Gasteiger charge is -2.33. The van der Waals surface area contributed by atoms with Crippen molar-refractivity contribution < 1.29 is 18.9 Å². The first-order valence-corrected chi connectivity index (χ1v) is 8.43. The summed E-state index contributed by atoms with van der Waals surface area (Å²) in [6.45, 7) is 1.93. The number of hydrogen-bond donors (Lipinski definition) is 0. The average Bonchev–Trinajstić information content (AvgIpc) is 2.68. The van der Waals surface area contributed by atoms with Crippen LogP contribution in [0.1, 0.15) is 12.8 Å². The van der Waals surface area contributed by atoms with Crippen LogP contribution in [0.15, 0.2) is 36.4 Å². The SMILES string of the molecule is COc1cc(OC2CCN(c3c[c]ccc3)CC2)cc(OC)c1OC. The maximum absolute atomic E-state index is 6.17. The molecule has 25 heavy (non-hydrogen) atoms. The van der Waals surface area contributed by atoms with E-state index >= 15 is 0 Å². The van der Waals surface area contributed by atoms with Gasteiger partial charge in [-0.2, -0.15) is 0 Å². The molecule has 0 bridgehead atoms. The molecular weight excluding hydrogens is 318 g/mol. The van der Waals surface area contributed by atoms with Crippen molar-refractivity contribution in [1.82, 2.24) is 0 Å². The van der Waals surface area contributed by atoms with E-state index < -0.39 is 0 Å². The van der Waals surface area contributed by atoms with Crippen LogP contribution in [-0.4, -0.2) is 40.5 Å². The monoisotopic (exact) mass is 342 g/mol. The van der Waals surface area contributed by atoms with Gasteiger partial charge in [0.2, 0.25) is 5.75 Å². The molecular formula is C20H24NO4. The molecule has 0 spiro atoms. The van der Waals surface area contributed by atoms with Gasteiger partial charge in [0.15, 0.2) is 11.5 Å². The molecule has 0 unspecified atom stereocenters. The summed E-state index contributed by atoms with van der Waals surface area (Å²) in [4.78, 5) is 2.37. The average molecular weight is 342 g/mol. The Morgan fingerprint density at radius 3 is 2.20 bits per heavy atom. The van der Waals surface area contributed by atoms with E-state index in [4.69, 9.17) is 18.9 Å². The summed E-state index contributed by atoms with van der Waals surface area (Å²) in [5.74, 6) is 2.52. The molecule has 2 aromatic carbocycles. The second kappa shape index (κ2) is 8.01. The van der Waals surface area contributed by atoms with Gasteiger partial charge in [-0.25, -0.2) is 0 Å². The van der Waals surface area contributed by atoms with E-state index in [1.807, 2.05) is 30.3 Å². The van der Waals surface area contributed by atoms with Gasteiger partial charge >= 0.3 is 0 Å². The standard InChI is InChI=1S/C20H24NO4/c1-22-18-13-17(14-19(23-2)20(18)24-3)25-16-9-11-21(12-10-16)15-7-5-4-6-8-15/h4-5,7-8,13-14,16H,9-12H2,1-3H3. The summed E-state index contributed by atoms with van der Waals surface area (Å²) in [6, 6.07) is 14.9. The predicted molar refractivity (Wildman–Crippen MR) is 97.2 cm³/mol. The molecule has 1 heterocycles. The van der Waals surface area contributed by atoms with Crippen molar-refractivity contribution in [3.8, 4) is 23.0 Å². The molecule has 1 saturated heterocycles. The number of anilines is 1. The molecule has 5 heteroatoms. The number of piperidine rings is 1. The Bertz CT molecular complexity index is 656. The molecule has 1 aliphatic heterocycles. The van der Waals surface area contributed by atoms with E-state index in [-0.39, 0.29) is 6.10 Å². The molecule has 0 amide bonds. The summed E-state index contributed by atoms with van der Waals surface area (Å²) >= 11 is 0. The third-order valence-electron chi connectivity index (χ3n) is 4.44. The van der Waals surface area contributed by atoms with Gasteiger partial charge in [0.25, 0.3) is 0 Å². The van der Waals surface area contributed by atoms with Gasteiger partial charge in [-0.05, 0) is 18.2 Å². The Hall–Kier alpha value is -2.56. The first-order chi connectivity index (χ1) is 12.2. The van der Waals surface area contributed by atoms with Gasteiger partial charge in [0.05, 0.1) is 21.3 Å². The normalized spacial score (nSPS) is 14.9. The summed E-state index contributed by atoms with van der Waals surface area (Å²) in [7, 11) is 4.81. The van der Waals surface area contributed by atoms with Crippen molar-refractivity contribution in [1.29, 1.82) is 0 Å². The van der Waals surface area contributed by atoms with E-state index in [2.05, 4.69) is 17.0 Å².